The third-order valence-corrected chi connectivity index (χ3v) is 5.88. The van der Waals surface area contributed by atoms with Gasteiger partial charge in [-0.2, -0.15) is 0 Å². The molecule has 4 rings (SSSR count). The van der Waals surface area contributed by atoms with Crippen molar-refractivity contribution in [2.75, 3.05) is 13.1 Å². The van der Waals surface area contributed by atoms with Crippen LogP contribution in [0, 0.1) is 5.82 Å². The van der Waals surface area contributed by atoms with Crippen molar-refractivity contribution < 1.29 is 14.3 Å². The summed E-state index contributed by atoms with van der Waals surface area (Å²) < 4.78 is 15.4. The summed E-state index contributed by atoms with van der Waals surface area (Å²) in [5, 5.41) is 12.5. The van der Waals surface area contributed by atoms with Crippen LogP contribution >= 0.6 is 11.6 Å². The molecule has 1 aliphatic rings. The lowest BCUT2D eigenvalue weighted by Gasteiger charge is -2.38. The predicted octanol–water partition coefficient (Wildman–Crippen LogP) is 4.33. The molecule has 4 nitrogen and oxygen atoms in total. The van der Waals surface area contributed by atoms with E-state index < -0.39 is 5.60 Å². The number of carbonyl (C=O) groups excluding carboxylic acids is 1. The molecule has 3 aromatic rings. The lowest BCUT2D eigenvalue weighted by atomic mass is 9.84. The average Bonchev–Trinajstić information content (AvgIpc) is 3.09. The third-order valence-electron chi connectivity index (χ3n) is 5.63. The molecule has 1 amide bonds. The summed E-state index contributed by atoms with van der Waals surface area (Å²) in [7, 11) is 0. The second-order valence-electron chi connectivity index (χ2n) is 7.38. The number of hydrogen-bond donors (Lipinski definition) is 1. The van der Waals surface area contributed by atoms with E-state index in [2.05, 4.69) is 0 Å². The molecule has 2 heterocycles. The molecule has 0 bridgehead atoms. The Bertz CT molecular complexity index is 991. The number of hydrogen-bond acceptors (Lipinski definition) is 2. The molecule has 0 unspecified atom stereocenters. The van der Waals surface area contributed by atoms with Crippen LogP contribution in [0.3, 0.4) is 0 Å². The number of aliphatic hydroxyl groups is 1. The lowest BCUT2D eigenvalue weighted by Crippen LogP contribution is -2.45. The zero-order valence-electron chi connectivity index (χ0n) is 15.4. The molecule has 0 atom stereocenters. The normalized spacial score (nSPS) is 16.5. The summed E-state index contributed by atoms with van der Waals surface area (Å²) in [4.78, 5) is 14.4. The van der Waals surface area contributed by atoms with Crippen LogP contribution in [0.1, 0.15) is 24.8 Å². The zero-order chi connectivity index (χ0) is 19.7. The molecule has 0 saturated carbocycles. The molecule has 6 heteroatoms. The Labute approximate surface area is 168 Å². The van der Waals surface area contributed by atoms with Gasteiger partial charge in [0.1, 0.15) is 5.82 Å². The maximum atomic E-state index is 13.5. The minimum Gasteiger partial charge on any atom is -0.385 e. The van der Waals surface area contributed by atoms with Crippen LogP contribution in [0.2, 0.25) is 5.02 Å². The minimum atomic E-state index is -0.921. The summed E-state index contributed by atoms with van der Waals surface area (Å²) in [6, 6.07) is 13.8. The fourth-order valence-corrected chi connectivity index (χ4v) is 4.03. The molecule has 1 fully saturated rings. The van der Waals surface area contributed by atoms with E-state index in [1.165, 1.54) is 12.1 Å². The van der Waals surface area contributed by atoms with Gasteiger partial charge in [0.05, 0.1) is 11.1 Å². The fraction of sp³-hybridized carbons (Fsp3) is 0.318. The first kappa shape index (κ1) is 19.0. The van der Waals surface area contributed by atoms with Crippen molar-refractivity contribution in [1.29, 1.82) is 0 Å². The van der Waals surface area contributed by atoms with Crippen LogP contribution in [0.4, 0.5) is 4.39 Å². The highest BCUT2D eigenvalue weighted by atomic mass is 35.5. The molecule has 2 aromatic carbocycles. The smallest absolute Gasteiger partial charge is 0.224 e. The Morgan fingerprint density at radius 2 is 1.82 bits per heavy atom. The van der Waals surface area contributed by atoms with Crippen LogP contribution in [0.25, 0.3) is 10.9 Å². The van der Waals surface area contributed by atoms with Gasteiger partial charge < -0.3 is 14.6 Å². The molecule has 28 heavy (non-hydrogen) atoms. The highest BCUT2D eigenvalue weighted by molar-refractivity contribution is 6.30. The molecule has 0 radical (unpaired) electrons. The van der Waals surface area contributed by atoms with Crippen molar-refractivity contribution in [1.82, 2.24) is 9.47 Å². The monoisotopic (exact) mass is 400 g/mol. The maximum absolute atomic E-state index is 13.5. The van der Waals surface area contributed by atoms with Gasteiger partial charge in [0.25, 0.3) is 0 Å². The summed E-state index contributed by atoms with van der Waals surface area (Å²) in [5.74, 6) is -0.229. The first-order valence-corrected chi connectivity index (χ1v) is 9.83. The summed E-state index contributed by atoms with van der Waals surface area (Å²) in [6.45, 7) is 1.53. The summed E-state index contributed by atoms with van der Waals surface area (Å²) in [5.41, 5.74) is 0.712. The van der Waals surface area contributed by atoms with E-state index >= 15 is 0 Å². The van der Waals surface area contributed by atoms with Crippen molar-refractivity contribution in [3.05, 3.63) is 71.1 Å². The van der Waals surface area contributed by atoms with Gasteiger partial charge in [-0.1, -0.05) is 23.7 Å². The number of fused-ring (bicyclic) bond motifs is 1. The fourth-order valence-electron chi connectivity index (χ4n) is 3.90. The van der Waals surface area contributed by atoms with Crippen LogP contribution in [-0.4, -0.2) is 33.6 Å². The van der Waals surface area contributed by atoms with Crippen molar-refractivity contribution in [3.8, 4) is 0 Å². The van der Waals surface area contributed by atoms with Crippen LogP contribution in [-0.2, 0) is 16.9 Å². The summed E-state index contributed by atoms with van der Waals surface area (Å²) >= 11 is 5.93. The topological polar surface area (TPSA) is 45.5 Å². The number of aromatic nitrogens is 1. The van der Waals surface area contributed by atoms with Gasteiger partial charge in [-0.25, -0.2) is 4.39 Å². The average molecular weight is 401 g/mol. The highest BCUT2D eigenvalue weighted by Crippen LogP contribution is 2.33. The maximum Gasteiger partial charge on any atom is 0.224 e. The third kappa shape index (κ3) is 3.77. The van der Waals surface area contributed by atoms with Crippen LogP contribution in [0.5, 0.6) is 0 Å². The number of carbonyl (C=O) groups is 1. The van der Waals surface area contributed by atoms with Gasteiger partial charge in [-0.05, 0) is 60.2 Å². The molecular weight excluding hydrogens is 379 g/mol. The van der Waals surface area contributed by atoms with Gasteiger partial charge in [0.2, 0.25) is 5.91 Å². The van der Waals surface area contributed by atoms with Gasteiger partial charge in [-0.15, -0.1) is 0 Å². The van der Waals surface area contributed by atoms with Crippen molar-refractivity contribution in [2.24, 2.45) is 0 Å². The largest absolute Gasteiger partial charge is 0.385 e. The first-order valence-electron chi connectivity index (χ1n) is 9.45. The first-order chi connectivity index (χ1) is 13.4. The molecule has 1 aromatic heterocycles. The van der Waals surface area contributed by atoms with Crippen LogP contribution in [0.15, 0.2) is 54.7 Å². The standard InChI is InChI=1S/C22H22ClFN2O2/c23-18-4-2-17(3-5-18)22(28)9-13-26(14-10-22)21(27)8-12-25-11-7-16-1-6-19(24)15-20(16)25/h1-7,11,15,28H,8-10,12-14H2. The number of aryl methyl sites for hydroxylation is 1. The number of likely N-dealkylation sites (tertiary alicyclic amines) is 1. The number of rotatable bonds is 4. The molecular formula is C22H22ClFN2O2. The van der Waals surface area contributed by atoms with Gasteiger partial charge in [-0.3, -0.25) is 4.79 Å². The molecule has 146 valence electrons. The Morgan fingerprint density at radius 3 is 2.54 bits per heavy atom. The second kappa shape index (κ2) is 7.57. The predicted molar refractivity (Wildman–Crippen MR) is 108 cm³/mol. The van der Waals surface area contributed by atoms with E-state index in [-0.39, 0.29) is 11.7 Å². The molecule has 1 saturated heterocycles. The van der Waals surface area contributed by atoms with E-state index in [0.29, 0.717) is 43.9 Å². The summed E-state index contributed by atoms with van der Waals surface area (Å²) in [6.07, 6.45) is 3.22. The van der Waals surface area contributed by atoms with E-state index in [9.17, 15) is 14.3 Å². The molecule has 1 N–H and O–H groups in total. The van der Waals surface area contributed by atoms with Crippen molar-refractivity contribution in [2.45, 2.75) is 31.4 Å². The number of amides is 1. The number of benzene rings is 2. The minimum absolute atomic E-state index is 0.0522. The molecule has 1 aliphatic heterocycles. The molecule has 0 aliphatic carbocycles. The quantitative estimate of drug-likeness (QED) is 0.708. The Morgan fingerprint density at radius 1 is 1.11 bits per heavy atom. The second-order valence-corrected chi connectivity index (χ2v) is 7.82. The van der Waals surface area contributed by atoms with E-state index in [1.807, 2.05) is 29.0 Å². The number of halogens is 2. The zero-order valence-corrected chi connectivity index (χ0v) is 16.2. The van der Waals surface area contributed by atoms with E-state index in [4.69, 9.17) is 11.6 Å². The highest BCUT2D eigenvalue weighted by Gasteiger charge is 2.35. The Kier molecular flexibility index (Phi) is 5.13. The van der Waals surface area contributed by atoms with Crippen LogP contribution < -0.4 is 0 Å². The Balaban J connectivity index is 1.36. The SMILES string of the molecule is O=C(CCn1ccc2ccc(F)cc21)N1CCC(O)(c2ccc(Cl)cc2)CC1. The van der Waals surface area contributed by atoms with Gasteiger partial charge in [0, 0.05) is 37.3 Å². The van der Waals surface area contributed by atoms with Gasteiger partial charge >= 0.3 is 0 Å². The molecule has 0 spiro atoms. The van der Waals surface area contributed by atoms with Gasteiger partial charge in [0.15, 0.2) is 0 Å². The van der Waals surface area contributed by atoms with E-state index in [1.54, 1.807) is 23.1 Å². The number of nitrogens with zero attached hydrogens (tertiary/aromatic N) is 2. The van der Waals surface area contributed by atoms with Crippen molar-refractivity contribution in [3.63, 3.8) is 0 Å². The van der Waals surface area contributed by atoms with E-state index in [0.717, 1.165) is 16.5 Å². The van der Waals surface area contributed by atoms with Crippen molar-refractivity contribution >= 4 is 28.4 Å². The lowest BCUT2D eigenvalue weighted by molar-refractivity contribution is -0.136. The Hall–Kier alpha value is -2.37. The number of piperidine rings is 1.